The maximum Gasteiger partial charge on any atom is 0.339 e. The van der Waals surface area contributed by atoms with Crippen molar-refractivity contribution in [2.75, 3.05) is 0 Å². The van der Waals surface area contributed by atoms with Crippen LogP contribution in [0.2, 0.25) is 0 Å². The molecular weight excluding hydrogens is 318 g/mol. The summed E-state index contributed by atoms with van der Waals surface area (Å²) in [5, 5.41) is 10.6. The molecular formula is C16H17NO5S. The molecule has 6 nitrogen and oxygen atoms in total. The van der Waals surface area contributed by atoms with E-state index in [2.05, 4.69) is 0 Å². The highest BCUT2D eigenvalue weighted by Crippen LogP contribution is 2.26. The number of non-ortho nitro benzene ring substituents is 1. The standard InChI is InChI=1S/C16H17NO5S/c1-11(2)13-8-12(3)9-15(10-13)22-23(20,21)16-6-4-14(5-7-16)17(18)19/h4-11H,1-3H3. The first kappa shape index (κ1) is 17.0. The highest BCUT2D eigenvalue weighted by molar-refractivity contribution is 7.87. The van der Waals surface area contributed by atoms with Gasteiger partial charge in [0.05, 0.1) is 4.92 Å². The van der Waals surface area contributed by atoms with Gasteiger partial charge in [-0.1, -0.05) is 19.9 Å². The number of nitro benzene ring substituents is 1. The molecule has 2 aromatic rings. The molecule has 0 aliphatic heterocycles. The van der Waals surface area contributed by atoms with Crippen molar-refractivity contribution in [2.24, 2.45) is 0 Å². The molecule has 0 unspecified atom stereocenters. The van der Waals surface area contributed by atoms with Gasteiger partial charge in [-0.15, -0.1) is 0 Å². The van der Waals surface area contributed by atoms with Gasteiger partial charge in [-0.2, -0.15) is 8.42 Å². The number of hydrogen-bond donors (Lipinski definition) is 0. The van der Waals surface area contributed by atoms with E-state index in [1.807, 2.05) is 26.8 Å². The highest BCUT2D eigenvalue weighted by Gasteiger charge is 2.19. The van der Waals surface area contributed by atoms with E-state index >= 15 is 0 Å². The Morgan fingerprint density at radius 2 is 1.70 bits per heavy atom. The highest BCUT2D eigenvalue weighted by atomic mass is 32.2. The van der Waals surface area contributed by atoms with Crippen molar-refractivity contribution >= 4 is 15.8 Å². The lowest BCUT2D eigenvalue weighted by Gasteiger charge is -2.11. The van der Waals surface area contributed by atoms with E-state index in [9.17, 15) is 18.5 Å². The minimum atomic E-state index is -4.04. The van der Waals surface area contributed by atoms with E-state index in [0.717, 1.165) is 35.4 Å². The van der Waals surface area contributed by atoms with Gasteiger partial charge in [0.2, 0.25) is 0 Å². The quantitative estimate of drug-likeness (QED) is 0.471. The van der Waals surface area contributed by atoms with Crippen LogP contribution in [0.5, 0.6) is 5.75 Å². The van der Waals surface area contributed by atoms with Crippen LogP contribution in [-0.4, -0.2) is 13.3 Å². The molecule has 0 heterocycles. The van der Waals surface area contributed by atoms with Crippen LogP contribution in [0, 0.1) is 17.0 Å². The fourth-order valence-electron chi connectivity index (χ4n) is 2.07. The average Bonchev–Trinajstić information content (AvgIpc) is 2.46. The van der Waals surface area contributed by atoms with Crippen molar-refractivity contribution in [1.29, 1.82) is 0 Å². The van der Waals surface area contributed by atoms with Crippen LogP contribution in [0.25, 0.3) is 0 Å². The zero-order valence-corrected chi connectivity index (χ0v) is 13.8. The molecule has 0 spiro atoms. The van der Waals surface area contributed by atoms with Gasteiger partial charge in [0, 0.05) is 12.1 Å². The van der Waals surface area contributed by atoms with E-state index < -0.39 is 15.0 Å². The Balaban J connectivity index is 2.32. The van der Waals surface area contributed by atoms with E-state index in [1.54, 1.807) is 12.1 Å². The third-order valence-electron chi connectivity index (χ3n) is 3.28. The van der Waals surface area contributed by atoms with E-state index in [0.29, 0.717) is 0 Å². The molecule has 0 bridgehead atoms. The molecule has 0 atom stereocenters. The SMILES string of the molecule is Cc1cc(OS(=O)(=O)c2ccc([N+](=O)[O-])cc2)cc(C(C)C)c1. The Morgan fingerprint density at radius 3 is 2.22 bits per heavy atom. The predicted octanol–water partition coefficient (Wildman–Crippen LogP) is 3.79. The Hall–Kier alpha value is -2.41. The summed E-state index contributed by atoms with van der Waals surface area (Å²) in [7, 11) is -4.04. The van der Waals surface area contributed by atoms with Crippen molar-refractivity contribution in [3.8, 4) is 5.75 Å². The maximum absolute atomic E-state index is 12.3. The zero-order valence-electron chi connectivity index (χ0n) is 13.0. The van der Waals surface area contributed by atoms with Crippen LogP contribution >= 0.6 is 0 Å². The van der Waals surface area contributed by atoms with Crippen molar-refractivity contribution in [1.82, 2.24) is 0 Å². The Bertz CT molecular complexity index is 826. The third-order valence-corrected chi connectivity index (χ3v) is 4.54. The fraction of sp³-hybridized carbons (Fsp3) is 0.250. The van der Waals surface area contributed by atoms with Crippen LogP contribution in [-0.2, 0) is 10.1 Å². The van der Waals surface area contributed by atoms with Gasteiger partial charge in [0.1, 0.15) is 10.6 Å². The molecule has 0 radical (unpaired) electrons. The smallest absolute Gasteiger partial charge is 0.339 e. The minimum Gasteiger partial charge on any atom is -0.379 e. The lowest BCUT2D eigenvalue weighted by atomic mass is 10.0. The molecule has 7 heteroatoms. The second-order valence-corrected chi connectivity index (χ2v) is 7.07. The summed E-state index contributed by atoms with van der Waals surface area (Å²) >= 11 is 0. The van der Waals surface area contributed by atoms with Gasteiger partial charge >= 0.3 is 10.1 Å². The first-order chi connectivity index (χ1) is 10.7. The zero-order chi connectivity index (χ0) is 17.2. The van der Waals surface area contributed by atoms with Crippen LogP contribution in [0.15, 0.2) is 47.4 Å². The number of benzene rings is 2. The molecule has 0 fully saturated rings. The summed E-state index contributed by atoms with van der Waals surface area (Å²) in [4.78, 5) is 9.90. The van der Waals surface area contributed by atoms with Crippen LogP contribution in [0.1, 0.15) is 30.9 Å². The maximum atomic E-state index is 12.3. The molecule has 0 saturated carbocycles. The van der Waals surface area contributed by atoms with Crippen molar-refractivity contribution < 1.29 is 17.5 Å². The molecule has 2 rings (SSSR count). The molecule has 2 aromatic carbocycles. The summed E-state index contributed by atoms with van der Waals surface area (Å²) in [5.74, 6) is 0.464. The van der Waals surface area contributed by atoms with Crippen molar-refractivity contribution in [2.45, 2.75) is 31.6 Å². The Morgan fingerprint density at radius 1 is 1.09 bits per heavy atom. The predicted molar refractivity (Wildman–Crippen MR) is 86.2 cm³/mol. The van der Waals surface area contributed by atoms with Crippen LogP contribution < -0.4 is 4.18 Å². The lowest BCUT2D eigenvalue weighted by molar-refractivity contribution is -0.384. The molecule has 0 N–H and O–H groups in total. The van der Waals surface area contributed by atoms with Gasteiger partial charge < -0.3 is 4.18 Å². The fourth-order valence-corrected chi connectivity index (χ4v) is 2.98. The normalized spacial score (nSPS) is 11.5. The first-order valence-corrected chi connectivity index (χ1v) is 8.40. The second-order valence-electron chi connectivity index (χ2n) is 5.52. The van der Waals surface area contributed by atoms with Crippen molar-refractivity contribution in [3.05, 3.63) is 63.7 Å². The Labute approximate surface area is 135 Å². The molecule has 0 aliphatic rings. The van der Waals surface area contributed by atoms with Crippen molar-refractivity contribution in [3.63, 3.8) is 0 Å². The van der Waals surface area contributed by atoms with E-state index in [4.69, 9.17) is 4.18 Å². The van der Waals surface area contributed by atoms with Gasteiger partial charge in [0.25, 0.3) is 5.69 Å². The summed E-state index contributed by atoms with van der Waals surface area (Å²) < 4.78 is 29.7. The average molecular weight is 335 g/mol. The largest absolute Gasteiger partial charge is 0.379 e. The summed E-state index contributed by atoms with van der Waals surface area (Å²) in [6.07, 6.45) is 0. The molecule has 0 aliphatic carbocycles. The number of nitro groups is 1. The van der Waals surface area contributed by atoms with E-state index in [1.165, 1.54) is 0 Å². The number of aryl methyl sites for hydroxylation is 1. The molecule has 23 heavy (non-hydrogen) atoms. The third kappa shape index (κ3) is 4.07. The monoisotopic (exact) mass is 335 g/mol. The van der Waals surface area contributed by atoms with Gasteiger partial charge in [-0.25, -0.2) is 0 Å². The summed E-state index contributed by atoms with van der Waals surface area (Å²) in [6.45, 7) is 5.87. The number of nitrogens with zero attached hydrogens (tertiary/aromatic N) is 1. The van der Waals surface area contributed by atoms with Gasteiger partial charge in [0.15, 0.2) is 0 Å². The molecule has 122 valence electrons. The number of rotatable bonds is 5. The second kappa shape index (κ2) is 6.37. The van der Waals surface area contributed by atoms with E-state index in [-0.39, 0.29) is 22.3 Å². The summed E-state index contributed by atoms with van der Waals surface area (Å²) in [6, 6.07) is 9.86. The van der Waals surface area contributed by atoms with Crippen LogP contribution in [0.3, 0.4) is 0 Å². The molecule has 0 amide bonds. The topological polar surface area (TPSA) is 86.5 Å². The molecule has 0 aromatic heterocycles. The van der Waals surface area contributed by atoms with Gasteiger partial charge in [-0.3, -0.25) is 10.1 Å². The van der Waals surface area contributed by atoms with Crippen LogP contribution in [0.4, 0.5) is 5.69 Å². The minimum absolute atomic E-state index is 0.129. The molecule has 0 saturated heterocycles. The van der Waals surface area contributed by atoms with Gasteiger partial charge in [-0.05, 0) is 48.2 Å². The lowest BCUT2D eigenvalue weighted by Crippen LogP contribution is -2.10. The Kier molecular flexibility index (Phi) is 4.70. The first-order valence-electron chi connectivity index (χ1n) is 6.99. The number of hydrogen-bond acceptors (Lipinski definition) is 5. The summed E-state index contributed by atoms with van der Waals surface area (Å²) in [5.41, 5.74) is 1.69.